The van der Waals surface area contributed by atoms with E-state index in [0.717, 1.165) is 41.0 Å². The van der Waals surface area contributed by atoms with Gasteiger partial charge in [-0.2, -0.15) is 10.5 Å². The number of nitrogen functional groups attached to an aromatic ring is 2. The molecule has 4 rings (SSSR count). The summed E-state index contributed by atoms with van der Waals surface area (Å²) in [5, 5.41) is 22.4. The summed E-state index contributed by atoms with van der Waals surface area (Å²) in [5.41, 5.74) is 13.9. The molecule has 1 amide bonds. The van der Waals surface area contributed by atoms with Crippen LogP contribution in [0.25, 0.3) is 10.2 Å². The zero-order valence-electron chi connectivity index (χ0n) is 13.4. The number of hydrogen-bond donors (Lipinski definition) is 3. The molecule has 0 saturated carbocycles. The fourth-order valence-corrected chi connectivity index (χ4v) is 5.30. The average molecular weight is 380 g/mol. The van der Waals surface area contributed by atoms with Gasteiger partial charge in [-0.15, -0.1) is 22.7 Å². The summed E-state index contributed by atoms with van der Waals surface area (Å²) in [4.78, 5) is 18.8. The zero-order chi connectivity index (χ0) is 18.4. The molecule has 0 atom stereocenters. The quantitative estimate of drug-likeness (QED) is 0.624. The zero-order valence-corrected chi connectivity index (χ0v) is 15.1. The van der Waals surface area contributed by atoms with Crippen LogP contribution in [-0.2, 0) is 12.8 Å². The number of pyridine rings is 1. The smallest absolute Gasteiger partial charge is 0.268 e. The largest absolute Gasteiger partial charge is 0.397 e. The van der Waals surface area contributed by atoms with Crippen LogP contribution in [0.3, 0.4) is 0 Å². The average Bonchev–Trinajstić information content (AvgIpc) is 3.27. The second-order valence-electron chi connectivity index (χ2n) is 5.86. The molecule has 1 aliphatic rings. The normalized spacial score (nSPS) is 12.5. The van der Waals surface area contributed by atoms with Crippen LogP contribution in [-0.4, -0.2) is 10.9 Å². The molecule has 0 bridgehead atoms. The highest BCUT2D eigenvalue weighted by Gasteiger charge is 2.25. The maximum Gasteiger partial charge on any atom is 0.268 e. The van der Waals surface area contributed by atoms with Gasteiger partial charge >= 0.3 is 0 Å². The lowest BCUT2D eigenvalue weighted by Gasteiger charge is -2.03. The Morgan fingerprint density at radius 1 is 1.23 bits per heavy atom. The summed E-state index contributed by atoms with van der Waals surface area (Å²) >= 11 is 2.56. The predicted molar refractivity (Wildman–Crippen MR) is 102 cm³/mol. The van der Waals surface area contributed by atoms with Crippen molar-refractivity contribution >= 4 is 55.3 Å². The first-order valence-corrected chi connectivity index (χ1v) is 9.41. The number of carbonyl (C=O) groups is 1. The standard InChI is InChI=1S/C17H12N6OS2/c18-5-7-4-9-12(20)13(26-16(9)22-14(7)21)15(24)23-17-10(6-19)8-2-1-3-11(8)25-17/h4H,1-3,20H2,(H2,21,22)(H,23,24). The lowest BCUT2D eigenvalue weighted by molar-refractivity contribution is 0.103. The third kappa shape index (κ3) is 2.37. The van der Waals surface area contributed by atoms with Gasteiger partial charge in [-0.25, -0.2) is 4.98 Å². The number of nitrogens with two attached hydrogens (primary N) is 2. The number of thiophene rings is 2. The molecule has 3 aromatic rings. The predicted octanol–water partition coefficient (Wildman–Crippen LogP) is 3.01. The Balaban J connectivity index is 1.73. The Kier molecular flexibility index (Phi) is 3.76. The summed E-state index contributed by atoms with van der Waals surface area (Å²) in [5.74, 6) is -0.284. The molecule has 9 heteroatoms. The van der Waals surface area contributed by atoms with E-state index in [1.165, 1.54) is 11.3 Å². The minimum atomic E-state index is -0.390. The molecular formula is C17H12N6OS2. The monoisotopic (exact) mass is 380 g/mol. The van der Waals surface area contributed by atoms with Crippen molar-refractivity contribution in [2.75, 3.05) is 16.8 Å². The van der Waals surface area contributed by atoms with E-state index in [-0.39, 0.29) is 23.0 Å². The van der Waals surface area contributed by atoms with Gasteiger partial charge in [0.05, 0.1) is 16.8 Å². The minimum absolute atomic E-state index is 0.106. The first-order valence-electron chi connectivity index (χ1n) is 7.78. The van der Waals surface area contributed by atoms with Gasteiger partial charge in [0.1, 0.15) is 32.7 Å². The van der Waals surface area contributed by atoms with Crippen LogP contribution in [0.2, 0.25) is 0 Å². The van der Waals surface area contributed by atoms with Gasteiger partial charge < -0.3 is 16.8 Å². The lowest BCUT2D eigenvalue weighted by Crippen LogP contribution is -2.12. The molecule has 0 radical (unpaired) electrons. The molecule has 0 aromatic carbocycles. The molecule has 5 N–H and O–H groups in total. The van der Waals surface area contributed by atoms with Gasteiger partial charge in [-0.1, -0.05) is 0 Å². The minimum Gasteiger partial charge on any atom is -0.397 e. The third-order valence-corrected chi connectivity index (χ3v) is 6.66. The van der Waals surface area contributed by atoms with E-state index in [4.69, 9.17) is 16.7 Å². The molecule has 3 aromatic heterocycles. The van der Waals surface area contributed by atoms with Crippen LogP contribution in [0.5, 0.6) is 0 Å². The van der Waals surface area contributed by atoms with Crippen LogP contribution >= 0.6 is 22.7 Å². The Labute approximate surface area is 156 Å². The number of aryl methyl sites for hydroxylation is 1. The van der Waals surface area contributed by atoms with Gasteiger partial charge in [0.15, 0.2) is 0 Å². The van der Waals surface area contributed by atoms with Crippen LogP contribution in [0.1, 0.15) is 37.7 Å². The van der Waals surface area contributed by atoms with Crippen LogP contribution in [0.4, 0.5) is 16.5 Å². The Bertz CT molecular complexity index is 1160. The molecule has 1 aliphatic carbocycles. The fraction of sp³-hybridized carbons (Fsp3) is 0.176. The number of fused-ring (bicyclic) bond motifs is 2. The number of nitrogens with one attached hydrogen (secondary N) is 1. The van der Waals surface area contributed by atoms with Gasteiger partial charge in [-0.3, -0.25) is 4.79 Å². The molecule has 0 unspecified atom stereocenters. The third-order valence-electron chi connectivity index (χ3n) is 4.34. The number of nitrogens with zero attached hydrogens (tertiary/aromatic N) is 3. The topological polar surface area (TPSA) is 142 Å². The van der Waals surface area contributed by atoms with E-state index in [1.54, 1.807) is 6.07 Å². The molecule has 3 heterocycles. The Hall–Kier alpha value is -3.14. The molecule has 0 fully saturated rings. The van der Waals surface area contributed by atoms with Crippen molar-refractivity contribution in [3.8, 4) is 12.1 Å². The summed E-state index contributed by atoms with van der Waals surface area (Å²) in [6.45, 7) is 0. The highest BCUT2D eigenvalue weighted by Crippen LogP contribution is 2.40. The Morgan fingerprint density at radius 3 is 2.77 bits per heavy atom. The van der Waals surface area contributed by atoms with Crippen LogP contribution in [0.15, 0.2) is 6.07 Å². The second kappa shape index (κ2) is 5.99. The van der Waals surface area contributed by atoms with E-state index >= 15 is 0 Å². The first-order chi connectivity index (χ1) is 12.5. The fourth-order valence-electron chi connectivity index (χ4n) is 3.08. The van der Waals surface area contributed by atoms with Crippen molar-refractivity contribution in [1.82, 2.24) is 4.98 Å². The van der Waals surface area contributed by atoms with Crippen molar-refractivity contribution in [1.29, 1.82) is 10.5 Å². The number of carbonyl (C=O) groups excluding carboxylic acids is 1. The number of anilines is 3. The van der Waals surface area contributed by atoms with Gasteiger partial charge in [0.2, 0.25) is 0 Å². The molecular weight excluding hydrogens is 368 g/mol. The lowest BCUT2D eigenvalue weighted by atomic mass is 10.1. The van der Waals surface area contributed by atoms with Crippen LogP contribution < -0.4 is 16.8 Å². The molecule has 128 valence electrons. The van der Waals surface area contributed by atoms with Gasteiger partial charge in [0, 0.05) is 10.3 Å². The SMILES string of the molecule is N#Cc1cc2c(N)c(C(=O)Nc3sc4c(c3C#N)CCC4)sc2nc1N. The number of hydrogen-bond acceptors (Lipinski definition) is 8. The highest BCUT2D eigenvalue weighted by molar-refractivity contribution is 7.21. The van der Waals surface area contributed by atoms with E-state index in [9.17, 15) is 10.1 Å². The summed E-state index contributed by atoms with van der Waals surface area (Å²) in [7, 11) is 0. The molecule has 26 heavy (non-hydrogen) atoms. The van der Waals surface area contributed by atoms with E-state index in [2.05, 4.69) is 16.4 Å². The summed E-state index contributed by atoms with van der Waals surface area (Å²) in [6.07, 6.45) is 2.85. The number of aromatic nitrogens is 1. The first kappa shape index (κ1) is 16.3. The second-order valence-corrected chi connectivity index (χ2v) is 7.96. The van der Waals surface area contributed by atoms with Crippen molar-refractivity contribution in [2.45, 2.75) is 19.3 Å². The number of amides is 1. The highest BCUT2D eigenvalue weighted by atomic mass is 32.1. The molecule has 0 saturated heterocycles. The molecule has 0 spiro atoms. The van der Waals surface area contributed by atoms with Gasteiger partial charge in [0.25, 0.3) is 5.91 Å². The maximum atomic E-state index is 12.7. The van der Waals surface area contributed by atoms with E-state index < -0.39 is 0 Å². The summed E-state index contributed by atoms with van der Waals surface area (Å²) in [6, 6.07) is 5.70. The Morgan fingerprint density at radius 2 is 2.04 bits per heavy atom. The van der Waals surface area contributed by atoms with E-state index in [0.29, 0.717) is 25.7 Å². The van der Waals surface area contributed by atoms with Crippen molar-refractivity contribution in [3.63, 3.8) is 0 Å². The van der Waals surface area contributed by atoms with Crippen molar-refractivity contribution in [3.05, 3.63) is 32.5 Å². The van der Waals surface area contributed by atoms with Crippen molar-refractivity contribution in [2.24, 2.45) is 0 Å². The van der Waals surface area contributed by atoms with Crippen LogP contribution in [0, 0.1) is 22.7 Å². The van der Waals surface area contributed by atoms with Gasteiger partial charge in [-0.05, 0) is 30.9 Å². The molecule has 7 nitrogen and oxygen atoms in total. The summed E-state index contributed by atoms with van der Waals surface area (Å²) < 4.78 is 0. The van der Waals surface area contributed by atoms with E-state index in [1.807, 2.05) is 6.07 Å². The molecule has 0 aliphatic heterocycles. The number of rotatable bonds is 2. The maximum absolute atomic E-state index is 12.7. The number of nitriles is 2. The van der Waals surface area contributed by atoms with Crippen molar-refractivity contribution < 1.29 is 4.79 Å².